The Bertz CT molecular complexity index is 192. The van der Waals surface area contributed by atoms with E-state index in [4.69, 9.17) is 9.84 Å². The molecule has 3 heteroatoms. The third kappa shape index (κ3) is 6.51. The fraction of sp³-hybridized carbons (Fsp3) is 0.250. The zero-order valence-corrected chi connectivity index (χ0v) is 6.76. The van der Waals surface area contributed by atoms with Crippen molar-refractivity contribution >= 4 is 0 Å². The molecule has 0 saturated carbocycles. The minimum Gasteiger partial charge on any atom is -0.478 e. The van der Waals surface area contributed by atoms with Crippen LogP contribution < -0.4 is 0 Å². The Morgan fingerprint density at radius 3 is 2.18 bits per heavy atom. The van der Waals surface area contributed by atoms with Gasteiger partial charge in [0.1, 0.15) is 0 Å². The number of aliphatic hydroxyl groups excluding tert-OH is 1. The molecule has 0 aromatic rings. The van der Waals surface area contributed by atoms with Gasteiger partial charge >= 0.3 is 5.95 Å². The molecule has 11 heavy (non-hydrogen) atoms. The Morgan fingerprint density at radius 1 is 1.27 bits per heavy atom. The van der Waals surface area contributed by atoms with Crippen LogP contribution in [-0.4, -0.2) is 5.11 Å². The molecule has 1 N–H and O–H groups in total. The highest BCUT2D eigenvalue weighted by Crippen LogP contribution is 2.01. The van der Waals surface area contributed by atoms with Crippen molar-refractivity contribution in [2.75, 3.05) is 0 Å². The first-order valence-corrected chi connectivity index (χ1v) is 3.07. The molecule has 0 radical (unpaired) electrons. The van der Waals surface area contributed by atoms with Crippen LogP contribution in [0.3, 0.4) is 0 Å². The second-order valence-electron chi connectivity index (χ2n) is 2.08. The standard InChI is InChI=1S/C8H12O3/c1-6(2)10-5-8(9)11-7(3)4/h5,9H,1,3H2,2,4H3. The van der Waals surface area contributed by atoms with Gasteiger partial charge in [0.2, 0.25) is 0 Å². The Labute approximate surface area is 66.2 Å². The first-order valence-electron chi connectivity index (χ1n) is 3.07. The Morgan fingerprint density at radius 2 is 1.82 bits per heavy atom. The Balaban J connectivity index is 3.81. The van der Waals surface area contributed by atoms with Crippen molar-refractivity contribution in [1.29, 1.82) is 0 Å². The van der Waals surface area contributed by atoms with Gasteiger partial charge in [-0.3, -0.25) is 0 Å². The first-order chi connectivity index (χ1) is 5.02. The van der Waals surface area contributed by atoms with Gasteiger partial charge in [-0.05, 0) is 13.8 Å². The van der Waals surface area contributed by atoms with Crippen molar-refractivity contribution in [3.05, 3.63) is 36.9 Å². The lowest BCUT2D eigenvalue weighted by Crippen LogP contribution is -1.88. The summed E-state index contributed by atoms with van der Waals surface area (Å²) in [5.41, 5.74) is 0. The van der Waals surface area contributed by atoms with Crippen LogP contribution in [0.15, 0.2) is 36.9 Å². The van der Waals surface area contributed by atoms with Crippen LogP contribution in [0.4, 0.5) is 0 Å². The molecule has 62 valence electrons. The van der Waals surface area contributed by atoms with E-state index in [1.165, 1.54) is 0 Å². The van der Waals surface area contributed by atoms with E-state index in [-0.39, 0.29) is 5.95 Å². The SMILES string of the molecule is C=C(C)OC=C(O)OC(=C)C. The quantitative estimate of drug-likeness (QED) is 0.635. The van der Waals surface area contributed by atoms with Crippen molar-refractivity contribution in [2.24, 2.45) is 0 Å². The van der Waals surface area contributed by atoms with E-state index in [2.05, 4.69) is 17.9 Å². The molecule has 0 aliphatic heterocycles. The molecule has 0 bridgehead atoms. The van der Waals surface area contributed by atoms with Crippen molar-refractivity contribution in [2.45, 2.75) is 13.8 Å². The Kier molecular flexibility index (Phi) is 3.88. The minimum absolute atomic E-state index is 0.333. The average Bonchev–Trinajstić information content (AvgIpc) is 1.82. The average molecular weight is 156 g/mol. The van der Waals surface area contributed by atoms with Gasteiger partial charge in [-0.2, -0.15) is 0 Å². The van der Waals surface area contributed by atoms with E-state index in [1.807, 2.05) is 0 Å². The van der Waals surface area contributed by atoms with Crippen LogP contribution >= 0.6 is 0 Å². The van der Waals surface area contributed by atoms with Gasteiger partial charge in [-0.15, -0.1) is 0 Å². The molecule has 0 spiro atoms. The largest absolute Gasteiger partial charge is 0.478 e. The van der Waals surface area contributed by atoms with Crippen molar-refractivity contribution in [3.8, 4) is 0 Å². The molecule has 0 atom stereocenters. The van der Waals surface area contributed by atoms with Gasteiger partial charge in [0, 0.05) is 0 Å². The first kappa shape index (κ1) is 9.62. The smallest absolute Gasteiger partial charge is 0.318 e. The van der Waals surface area contributed by atoms with Gasteiger partial charge in [0.05, 0.1) is 11.5 Å². The van der Waals surface area contributed by atoms with E-state index in [1.54, 1.807) is 13.8 Å². The molecule has 0 fully saturated rings. The molecule has 0 aromatic carbocycles. The van der Waals surface area contributed by atoms with Crippen LogP contribution in [0.2, 0.25) is 0 Å². The predicted octanol–water partition coefficient (Wildman–Crippen LogP) is 2.44. The fourth-order valence-electron chi connectivity index (χ4n) is 0.354. The summed E-state index contributed by atoms with van der Waals surface area (Å²) in [7, 11) is 0. The lowest BCUT2D eigenvalue weighted by atomic mass is 10.6. The normalized spacial score (nSPS) is 10.5. The summed E-state index contributed by atoms with van der Waals surface area (Å²) in [5, 5.41) is 8.88. The number of hydrogen-bond acceptors (Lipinski definition) is 3. The van der Waals surface area contributed by atoms with E-state index < -0.39 is 0 Å². The number of aliphatic hydroxyl groups is 1. The maximum atomic E-state index is 8.88. The highest BCUT2D eigenvalue weighted by Gasteiger charge is 1.93. The molecule has 0 saturated heterocycles. The molecule has 0 heterocycles. The summed E-state index contributed by atoms with van der Waals surface area (Å²) in [4.78, 5) is 0. The van der Waals surface area contributed by atoms with Crippen molar-refractivity contribution < 1.29 is 14.6 Å². The monoisotopic (exact) mass is 156 g/mol. The lowest BCUT2D eigenvalue weighted by molar-refractivity contribution is 0.128. The van der Waals surface area contributed by atoms with E-state index in [9.17, 15) is 0 Å². The number of ether oxygens (including phenoxy) is 2. The molecule has 3 nitrogen and oxygen atoms in total. The van der Waals surface area contributed by atoms with Gasteiger partial charge in [-0.1, -0.05) is 13.2 Å². The maximum absolute atomic E-state index is 8.88. The molecule has 0 aliphatic carbocycles. The van der Waals surface area contributed by atoms with E-state index in [0.29, 0.717) is 11.5 Å². The van der Waals surface area contributed by atoms with Crippen molar-refractivity contribution in [3.63, 3.8) is 0 Å². The predicted molar refractivity (Wildman–Crippen MR) is 42.5 cm³/mol. The zero-order chi connectivity index (χ0) is 8.85. The third-order valence-corrected chi connectivity index (χ3v) is 0.640. The molecule has 0 rings (SSSR count). The summed E-state index contributed by atoms with van der Waals surface area (Å²) in [5.74, 6) is 0.534. The summed E-state index contributed by atoms with van der Waals surface area (Å²) in [6.45, 7) is 10.1. The number of hydrogen-bond donors (Lipinski definition) is 1. The van der Waals surface area contributed by atoms with E-state index >= 15 is 0 Å². The topological polar surface area (TPSA) is 38.7 Å². The zero-order valence-electron chi connectivity index (χ0n) is 6.76. The van der Waals surface area contributed by atoms with Crippen LogP contribution in [-0.2, 0) is 9.47 Å². The summed E-state index contributed by atoms with van der Waals surface area (Å²) in [6.07, 6.45) is 1.05. The highest BCUT2D eigenvalue weighted by molar-refractivity contribution is 4.87. The fourth-order valence-corrected chi connectivity index (χ4v) is 0.354. The Hall–Kier alpha value is -1.38. The van der Waals surface area contributed by atoms with Gasteiger partial charge < -0.3 is 14.6 Å². The third-order valence-electron chi connectivity index (χ3n) is 0.640. The second kappa shape index (κ2) is 4.44. The van der Waals surface area contributed by atoms with Gasteiger partial charge in [0.25, 0.3) is 0 Å². The van der Waals surface area contributed by atoms with Crippen LogP contribution in [0.25, 0.3) is 0 Å². The molecule has 0 amide bonds. The lowest BCUT2D eigenvalue weighted by Gasteiger charge is -2.02. The molecule has 0 unspecified atom stereocenters. The van der Waals surface area contributed by atoms with Crippen LogP contribution in [0.1, 0.15) is 13.8 Å². The van der Waals surface area contributed by atoms with Crippen LogP contribution in [0, 0.1) is 0 Å². The summed E-state index contributed by atoms with van der Waals surface area (Å²) < 4.78 is 9.39. The molecular weight excluding hydrogens is 144 g/mol. The van der Waals surface area contributed by atoms with Gasteiger partial charge in [0.15, 0.2) is 6.26 Å². The minimum atomic E-state index is -0.333. The van der Waals surface area contributed by atoms with Crippen LogP contribution in [0.5, 0.6) is 0 Å². The number of allylic oxidation sites excluding steroid dienone is 2. The highest BCUT2D eigenvalue weighted by atomic mass is 16.6. The summed E-state index contributed by atoms with van der Waals surface area (Å²) in [6, 6.07) is 0. The maximum Gasteiger partial charge on any atom is 0.318 e. The second-order valence-corrected chi connectivity index (χ2v) is 2.08. The molecular formula is C8H12O3. The number of rotatable bonds is 4. The summed E-state index contributed by atoms with van der Waals surface area (Å²) >= 11 is 0. The van der Waals surface area contributed by atoms with Gasteiger partial charge in [-0.25, -0.2) is 0 Å². The molecule has 0 aliphatic rings. The van der Waals surface area contributed by atoms with E-state index in [0.717, 1.165) is 6.26 Å². The molecule has 0 aromatic heterocycles. The van der Waals surface area contributed by atoms with Crippen molar-refractivity contribution in [1.82, 2.24) is 0 Å².